The minimum absolute atomic E-state index is 0.0284. The van der Waals surface area contributed by atoms with Crippen LogP contribution in [0.25, 0.3) is 6.08 Å². The Morgan fingerprint density at radius 1 is 1.12 bits per heavy atom. The third-order valence-electron chi connectivity index (χ3n) is 6.46. The van der Waals surface area contributed by atoms with Gasteiger partial charge >= 0.3 is 0 Å². The van der Waals surface area contributed by atoms with Crippen LogP contribution in [-0.2, 0) is 9.53 Å². The molecule has 0 saturated carbocycles. The van der Waals surface area contributed by atoms with Crippen LogP contribution in [0, 0.1) is 0 Å². The summed E-state index contributed by atoms with van der Waals surface area (Å²) in [6.45, 7) is 5.05. The number of β-amino-alcohol motifs (C(OH)–C–C–N with tert-alkyl or cyclic N) is 1. The molecule has 7 heteroatoms. The number of rotatable bonds is 8. The number of benzene rings is 2. The zero-order valence-corrected chi connectivity index (χ0v) is 20.2. The van der Waals surface area contributed by atoms with Gasteiger partial charge in [0.2, 0.25) is 5.91 Å². The molecule has 2 heterocycles. The second kappa shape index (κ2) is 12.4. The van der Waals surface area contributed by atoms with E-state index in [1.165, 1.54) is 5.56 Å². The Labute approximate surface area is 206 Å². The van der Waals surface area contributed by atoms with Crippen molar-refractivity contribution in [1.82, 2.24) is 9.80 Å². The Kier molecular flexibility index (Phi) is 8.99. The van der Waals surface area contributed by atoms with Gasteiger partial charge in [0.1, 0.15) is 18.5 Å². The van der Waals surface area contributed by atoms with Crippen LogP contribution in [0.3, 0.4) is 0 Å². The molecule has 2 fully saturated rings. The first-order valence-corrected chi connectivity index (χ1v) is 12.4. The molecule has 4 rings (SSSR count). The summed E-state index contributed by atoms with van der Waals surface area (Å²) in [6, 6.07) is 15.7. The summed E-state index contributed by atoms with van der Waals surface area (Å²) in [5.41, 5.74) is 2.12. The van der Waals surface area contributed by atoms with E-state index < -0.39 is 6.10 Å². The van der Waals surface area contributed by atoms with Crippen LogP contribution in [-0.4, -0.2) is 79.5 Å². The number of halogens is 1. The SMILES string of the molecule is O=C(C=Cc1ccccc1OCC(O)CN1CCC(c2cccc(Cl)c2)CC1)N1CCOCC1. The van der Waals surface area contributed by atoms with Gasteiger partial charge in [-0.25, -0.2) is 0 Å². The number of likely N-dealkylation sites (tertiary alicyclic amines) is 1. The number of aliphatic hydroxyl groups excluding tert-OH is 1. The molecule has 0 radical (unpaired) electrons. The molecular weight excluding hydrogens is 452 g/mol. The Bertz CT molecular complexity index is 969. The summed E-state index contributed by atoms with van der Waals surface area (Å²) >= 11 is 6.14. The number of hydrogen-bond donors (Lipinski definition) is 1. The minimum Gasteiger partial charge on any atom is -0.490 e. The Hall–Kier alpha value is -2.38. The van der Waals surface area contributed by atoms with Crippen molar-refractivity contribution in [3.8, 4) is 5.75 Å². The van der Waals surface area contributed by atoms with E-state index in [1.807, 2.05) is 36.4 Å². The largest absolute Gasteiger partial charge is 0.490 e. The molecule has 2 aliphatic heterocycles. The van der Waals surface area contributed by atoms with E-state index in [2.05, 4.69) is 17.0 Å². The quantitative estimate of drug-likeness (QED) is 0.577. The van der Waals surface area contributed by atoms with E-state index in [9.17, 15) is 9.90 Å². The summed E-state index contributed by atoms with van der Waals surface area (Å²) in [7, 11) is 0. The van der Waals surface area contributed by atoms with Crippen LogP contribution in [0.15, 0.2) is 54.6 Å². The molecule has 1 unspecified atom stereocenters. The molecule has 0 aliphatic carbocycles. The zero-order valence-electron chi connectivity index (χ0n) is 19.4. The van der Waals surface area contributed by atoms with Crippen LogP contribution in [0.2, 0.25) is 5.02 Å². The fourth-order valence-corrected chi connectivity index (χ4v) is 4.74. The standard InChI is InChI=1S/C27H33ClN2O4/c28-24-6-3-5-23(18-24)21-10-12-29(13-11-21)19-25(31)20-34-26-7-2-1-4-22(26)8-9-27(32)30-14-16-33-17-15-30/h1-9,18,21,25,31H,10-17,19-20H2. The van der Waals surface area contributed by atoms with Gasteiger partial charge < -0.3 is 24.4 Å². The molecule has 2 aromatic rings. The fourth-order valence-electron chi connectivity index (χ4n) is 4.55. The topological polar surface area (TPSA) is 62.2 Å². The van der Waals surface area contributed by atoms with Gasteiger partial charge in [0.25, 0.3) is 0 Å². The number of carbonyl (C=O) groups excluding carboxylic acids is 1. The van der Waals surface area contributed by atoms with Crippen molar-refractivity contribution < 1.29 is 19.4 Å². The van der Waals surface area contributed by atoms with Gasteiger partial charge in [-0.2, -0.15) is 0 Å². The Morgan fingerprint density at radius 2 is 1.88 bits per heavy atom. The molecule has 1 N–H and O–H groups in total. The fraction of sp³-hybridized carbons (Fsp3) is 0.444. The number of morpholine rings is 1. The average molecular weight is 485 g/mol. The molecule has 2 saturated heterocycles. The summed E-state index contributed by atoms with van der Waals surface area (Å²) in [6.07, 6.45) is 4.88. The van der Waals surface area contributed by atoms with Gasteiger partial charge in [-0.3, -0.25) is 4.79 Å². The predicted octanol–water partition coefficient (Wildman–Crippen LogP) is 3.83. The van der Waals surface area contributed by atoms with Gasteiger partial charge in [-0.15, -0.1) is 0 Å². The molecular formula is C27H33ClN2O4. The van der Waals surface area contributed by atoms with Crippen molar-refractivity contribution in [2.75, 3.05) is 52.5 Å². The molecule has 0 aromatic heterocycles. The van der Waals surface area contributed by atoms with Crippen molar-refractivity contribution in [2.24, 2.45) is 0 Å². The highest BCUT2D eigenvalue weighted by Gasteiger charge is 2.22. The highest BCUT2D eigenvalue weighted by atomic mass is 35.5. The smallest absolute Gasteiger partial charge is 0.246 e. The molecule has 34 heavy (non-hydrogen) atoms. The first-order valence-electron chi connectivity index (χ1n) is 12.0. The van der Waals surface area contributed by atoms with Gasteiger partial charge in [-0.05, 0) is 61.7 Å². The zero-order chi connectivity index (χ0) is 23.8. The molecule has 1 amide bonds. The monoisotopic (exact) mass is 484 g/mol. The van der Waals surface area contributed by atoms with Crippen molar-refractivity contribution in [3.05, 3.63) is 70.8 Å². The lowest BCUT2D eigenvalue weighted by molar-refractivity contribution is -0.129. The first kappa shape index (κ1) is 24.7. The van der Waals surface area contributed by atoms with Crippen LogP contribution >= 0.6 is 11.6 Å². The molecule has 0 bridgehead atoms. The summed E-state index contributed by atoms with van der Waals surface area (Å²) in [5, 5.41) is 11.4. The van der Waals surface area contributed by atoms with Gasteiger partial charge in [-0.1, -0.05) is 41.9 Å². The van der Waals surface area contributed by atoms with Crippen molar-refractivity contribution in [2.45, 2.75) is 24.9 Å². The van der Waals surface area contributed by atoms with E-state index in [0.717, 1.165) is 36.5 Å². The first-order chi connectivity index (χ1) is 16.6. The van der Waals surface area contributed by atoms with E-state index in [1.54, 1.807) is 17.1 Å². The molecule has 1 atom stereocenters. The number of amides is 1. The molecule has 2 aromatic carbocycles. The van der Waals surface area contributed by atoms with Gasteiger partial charge in [0.15, 0.2) is 0 Å². The van der Waals surface area contributed by atoms with Crippen LogP contribution in [0.1, 0.15) is 29.9 Å². The number of nitrogens with zero attached hydrogens (tertiary/aromatic N) is 2. The maximum atomic E-state index is 12.4. The van der Waals surface area contributed by atoms with Crippen molar-refractivity contribution in [1.29, 1.82) is 0 Å². The molecule has 2 aliphatic rings. The molecule has 6 nitrogen and oxygen atoms in total. The lowest BCUT2D eigenvalue weighted by Crippen LogP contribution is -2.40. The number of para-hydroxylation sites is 1. The Morgan fingerprint density at radius 3 is 2.65 bits per heavy atom. The van der Waals surface area contributed by atoms with Crippen LogP contribution in [0.4, 0.5) is 0 Å². The van der Waals surface area contributed by atoms with Gasteiger partial charge in [0.05, 0.1) is 13.2 Å². The second-order valence-electron chi connectivity index (χ2n) is 8.90. The Balaban J connectivity index is 1.24. The van der Waals surface area contributed by atoms with E-state index in [4.69, 9.17) is 21.1 Å². The molecule has 0 spiro atoms. The highest BCUT2D eigenvalue weighted by Crippen LogP contribution is 2.29. The van der Waals surface area contributed by atoms with E-state index >= 15 is 0 Å². The van der Waals surface area contributed by atoms with Crippen LogP contribution in [0.5, 0.6) is 5.75 Å². The minimum atomic E-state index is -0.588. The average Bonchev–Trinajstić information content (AvgIpc) is 2.87. The number of ether oxygens (including phenoxy) is 2. The summed E-state index contributed by atoms with van der Waals surface area (Å²) in [4.78, 5) is 16.5. The lowest BCUT2D eigenvalue weighted by Gasteiger charge is -2.33. The number of piperidine rings is 1. The summed E-state index contributed by atoms with van der Waals surface area (Å²) < 4.78 is 11.2. The number of aliphatic hydroxyl groups is 1. The van der Waals surface area contributed by atoms with Crippen molar-refractivity contribution >= 4 is 23.6 Å². The van der Waals surface area contributed by atoms with Gasteiger partial charge in [0, 0.05) is 36.3 Å². The highest BCUT2D eigenvalue weighted by molar-refractivity contribution is 6.30. The maximum Gasteiger partial charge on any atom is 0.246 e. The third-order valence-corrected chi connectivity index (χ3v) is 6.69. The second-order valence-corrected chi connectivity index (χ2v) is 9.34. The van der Waals surface area contributed by atoms with E-state index in [0.29, 0.717) is 44.5 Å². The maximum absolute atomic E-state index is 12.4. The van der Waals surface area contributed by atoms with E-state index in [-0.39, 0.29) is 12.5 Å². The van der Waals surface area contributed by atoms with Crippen LogP contribution < -0.4 is 4.74 Å². The predicted molar refractivity (Wildman–Crippen MR) is 134 cm³/mol. The normalized spacial score (nSPS) is 18.8. The van der Waals surface area contributed by atoms with Crippen molar-refractivity contribution in [3.63, 3.8) is 0 Å². The number of hydrogen-bond acceptors (Lipinski definition) is 5. The number of carbonyl (C=O) groups is 1. The molecule has 182 valence electrons. The lowest BCUT2D eigenvalue weighted by atomic mass is 9.89. The summed E-state index contributed by atoms with van der Waals surface area (Å²) in [5.74, 6) is 1.15. The third kappa shape index (κ3) is 7.06.